The lowest BCUT2D eigenvalue weighted by molar-refractivity contribution is -0.151. The van der Waals surface area contributed by atoms with Gasteiger partial charge in [-0.25, -0.2) is 0 Å². The van der Waals surface area contributed by atoms with E-state index >= 15 is 0 Å². The van der Waals surface area contributed by atoms with Gasteiger partial charge in [0.05, 0.1) is 5.92 Å². The van der Waals surface area contributed by atoms with Crippen molar-refractivity contribution in [3.63, 3.8) is 0 Å². The summed E-state index contributed by atoms with van der Waals surface area (Å²) >= 11 is 0. The van der Waals surface area contributed by atoms with Crippen LogP contribution in [0.4, 0.5) is 0 Å². The molecular weight excluding hydrogens is 224 g/mol. The molecule has 2 rings (SSSR count). The zero-order valence-electron chi connectivity index (χ0n) is 11.1. The van der Waals surface area contributed by atoms with Crippen molar-refractivity contribution in [3.8, 4) is 0 Å². The van der Waals surface area contributed by atoms with Crippen LogP contribution in [0.15, 0.2) is 30.3 Å². The summed E-state index contributed by atoms with van der Waals surface area (Å²) in [6.45, 7) is 2.42. The molecule has 1 aliphatic rings. The normalized spacial score (nSPS) is 18.3. The number of rotatable bonds is 4. The molecule has 0 spiro atoms. The average molecular weight is 246 g/mol. The van der Waals surface area contributed by atoms with Gasteiger partial charge in [-0.2, -0.15) is 0 Å². The van der Waals surface area contributed by atoms with Crippen LogP contribution in [-0.4, -0.2) is 5.97 Å². The highest BCUT2D eigenvalue weighted by Gasteiger charge is 2.26. The van der Waals surface area contributed by atoms with E-state index in [0.29, 0.717) is 12.5 Å². The Balaban J connectivity index is 1.80. The molecule has 0 bridgehead atoms. The molecule has 98 valence electrons. The van der Waals surface area contributed by atoms with Gasteiger partial charge in [-0.15, -0.1) is 0 Å². The first-order valence-corrected chi connectivity index (χ1v) is 6.98. The van der Waals surface area contributed by atoms with Crippen LogP contribution >= 0.6 is 0 Å². The topological polar surface area (TPSA) is 26.3 Å². The predicted molar refractivity (Wildman–Crippen MR) is 72.0 cm³/mol. The van der Waals surface area contributed by atoms with Gasteiger partial charge < -0.3 is 4.74 Å². The Labute approximate surface area is 109 Å². The lowest BCUT2D eigenvalue weighted by atomic mass is 9.81. The fourth-order valence-corrected chi connectivity index (χ4v) is 2.69. The van der Waals surface area contributed by atoms with Crippen LogP contribution in [0.25, 0.3) is 0 Å². The van der Waals surface area contributed by atoms with E-state index in [-0.39, 0.29) is 11.9 Å². The highest BCUT2D eigenvalue weighted by Crippen LogP contribution is 2.30. The Morgan fingerprint density at radius 3 is 2.56 bits per heavy atom. The minimum absolute atomic E-state index is 0.0363. The number of esters is 1. The molecule has 1 saturated carbocycles. The van der Waals surface area contributed by atoms with Crippen molar-refractivity contribution in [1.29, 1.82) is 0 Å². The summed E-state index contributed by atoms with van der Waals surface area (Å²) in [6.07, 6.45) is 6.22. The van der Waals surface area contributed by atoms with Gasteiger partial charge in [-0.3, -0.25) is 4.79 Å². The molecule has 1 aromatic rings. The van der Waals surface area contributed by atoms with Crippen LogP contribution in [0.5, 0.6) is 0 Å². The molecule has 0 unspecified atom stereocenters. The fourth-order valence-electron chi connectivity index (χ4n) is 2.69. The van der Waals surface area contributed by atoms with Gasteiger partial charge in [-0.05, 0) is 24.3 Å². The molecule has 1 fully saturated rings. The molecule has 0 aromatic heterocycles. The van der Waals surface area contributed by atoms with Crippen LogP contribution in [0.1, 0.15) is 44.6 Å². The Morgan fingerprint density at radius 2 is 1.89 bits per heavy atom. The summed E-state index contributed by atoms with van der Waals surface area (Å²) in [5, 5.41) is 0. The SMILES string of the molecule is C[C@@H](C(=O)OCc1ccccc1)C1CCCCC1. The Morgan fingerprint density at radius 1 is 1.22 bits per heavy atom. The zero-order valence-corrected chi connectivity index (χ0v) is 11.1. The molecule has 1 aromatic carbocycles. The second-order valence-electron chi connectivity index (χ2n) is 5.28. The lowest BCUT2D eigenvalue weighted by Gasteiger charge is -2.26. The number of ether oxygens (including phenoxy) is 1. The third-order valence-corrected chi connectivity index (χ3v) is 3.95. The van der Waals surface area contributed by atoms with E-state index in [1.807, 2.05) is 37.3 Å². The monoisotopic (exact) mass is 246 g/mol. The van der Waals surface area contributed by atoms with Gasteiger partial charge in [0.2, 0.25) is 0 Å². The molecule has 0 heterocycles. The molecular formula is C16H22O2. The summed E-state index contributed by atoms with van der Waals surface area (Å²) in [4.78, 5) is 12.0. The predicted octanol–water partition coefficient (Wildman–Crippen LogP) is 3.95. The molecule has 0 saturated heterocycles. The molecule has 2 nitrogen and oxygen atoms in total. The highest BCUT2D eigenvalue weighted by molar-refractivity contribution is 5.72. The molecule has 2 heteroatoms. The van der Waals surface area contributed by atoms with Gasteiger partial charge >= 0.3 is 5.97 Å². The van der Waals surface area contributed by atoms with E-state index in [1.165, 1.54) is 32.1 Å². The van der Waals surface area contributed by atoms with E-state index in [9.17, 15) is 4.79 Å². The van der Waals surface area contributed by atoms with Crippen molar-refractivity contribution >= 4 is 5.97 Å². The zero-order chi connectivity index (χ0) is 12.8. The highest BCUT2D eigenvalue weighted by atomic mass is 16.5. The standard InChI is InChI=1S/C16H22O2/c1-13(15-10-6-3-7-11-15)16(17)18-12-14-8-4-2-5-9-14/h2,4-5,8-9,13,15H,3,6-7,10-12H2,1H3/t13-/m1/s1. The molecule has 0 amide bonds. The summed E-state index contributed by atoms with van der Waals surface area (Å²) in [6, 6.07) is 9.87. The van der Waals surface area contributed by atoms with Crippen molar-refractivity contribution in [1.82, 2.24) is 0 Å². The Kier molecular flexibility index (Phi) is 4.80. The fraction of sp³-hybridized carbons (Fsp3) is 0.562. The van der Waals surface area contributed by atoms with Crippen molar-refractivity contribution in [2.24, 2.45) is 11.8 Å². The summed E-state index contributed by atoms with van der Waals surface area (Å²) in [5.74, 6) is 0.543. The molecule has 1 atom stereocenters. The lowest BCUT2D eigenvalue weighted by Crippen LogP contribution is -2.24. The van der Waals surface area contributed by atoms with Crippen molar-refractivity contribution < 1.29 is 9.53 Å². The van der Waals surface area contributed by atoms with Crippen LogP contribution < -0.4 is 0 Å². The van der Waals surface area contributed by atoms with Crippen LogP contribution in [-0.2, 0) is 16.1 Å². The summed E-state index contributed by atoms with van der Waals surface area (Å²) in [7, 11) is 0. The van der Waals surface area contributed by atoms with E-state index in [4.69, 9.17) is 4.74 Å². The third-order valence-electron chi connectivity index (χ3n) is 3.95. The Hall–Kier alpha value is -1.31. The van der Waals surface area contributed by atoms with E-state index in [0.717, 1.165) is 5.56 Å². The molecule has 0 N–H and O–H groups in total. The first-order chi connectivity index (χ1) is 8.77. The maximum Gasteiger partial charge on any atom is 0.309 e. The second kappa shape index (κ2) is 6.58. The van der Waals surface area contributed by atoms with Gasteiger partial charge in [0.25, 0.3) is 0 Å². The summed E-state index contributed by atoms with van der Waals surface area (Å²) in [5.41, 5.74) is 1.06. The minimum Gasteiger partial charge on any atom is -0.461 e. The molecule has 18 heavy (non-hydrogen) atoms. The molecule has 0 aliphatic heterocycles. The minimum atomic E-state index is -0.0363. The Bertz CT molecular complexity index is 366. The van der Waals surface area contributed by atoms with E-state index in [2.05, 4.69) is 0 Å². The van der Waals surface area contributed by atoms with E-state index < -0.39 is 0 Å². The van der Waals surface area contributed by atoms with Crippen molar-refractivity contribution in [2.45, 2.75) is 45.6 Å². The number of hydrogen-bond donors (Lipinski definition) is 0. The average Bonchev–Trinajstić information content (AvgIpc) is 2.46. The summed E-state index contributed by atoms with van der Waals surface area (Å²) < 4.78 is 5.40. The maximum absolute atomic E-state index is 12.0. The van der Waals surface area contributed by atoms with Crippen LogP contribution in [0, 0.1) is 11.8 Å². The second-order valence-corrected chi connectivity index (χ2v) is 5.28. The molecule has 0 radical (unpaired) electrons. The number of carbonyl (C=O) groups excluding carboxylic acids is 1. The smallest absolute Gasteiger partial charge is 0.309 e. The maximum atomic E-state index is 12.0. The van der Waals surface area contributed by atoms with Gasteiger partial charge in [0.15, 0.2) is 0 Å². The first kappa shape index (κ1) is 13.1. The van der Waals surface area contributed by atoms with Crippen molar-refractivity contribution in [3.05, 3.63) is 35.9 Å². The third kappa shape index (κ3) is 3.59. The number of hydrogen-bond acceptors (Lipinski definition) is 2. The number of benzene rings is 1. The largest absolute Gasteiger partial charge is 0.461 e. The van der Waals surface area contributed by atoms with Gasteiger partial charge in [0.1, 0.15) is 6.61 Å². The quantitative estimate of drug-likeness (QED) is 0.752. The van der Waals surface area contributed by atoms with Gasteiger partial charge in [-0.1, -0.05) is 56.5 Å². The van der Waals surface area contributed by atoms with Crippen LogP contribution in [0.3, 0.4) is 0 Å². The van der Waals surface area contributed by atoms with Gasteiger partial charge in [0, 0.05) is 0 Å². The van der Waals surface area contributed by atoms with E-state index in [1.54, 1.807) is 0 Å². The molecule has 1 aliphatic carbocycles. The van der Waals surface area contributed by atoms with Crippen LogP contribution in [0.2, 0.25) is 0 Å². The number of carbonyl (C=O) groups is 1. The van der Waals surface area contributed by atoms with Crippen molar-refractivity contribution in [2.75, 3.05) is 0 Å². The first-order valence-electron chi connectivity index (χ1n) is 6.98.